The van der Waals surface area contributed by atoms with E-state index in [1.165, 1.54) is 0 Å². The molecule has 1 amide bonds. The summed E-state index contributed by atoms with van der Waals surface area (Å²) in [6.07, 6.45) is -0.352. The Bertz CT molecular complexity index is 1130. The summed E-state index contributed by atoms with van der Waals surface area (Å²) < 4.78 is 45.6. The van der Waals surface area contributed by atoms with Crippen LogP contribution in [0.15, 0.2) is 9.89 Å². The van der Waals surface area contributed by atoms with E-state index in [0.29, 0.717) is 23.3 Å². The third-order valence-corrected chi connectivity index (χ3v) is 6.75. The molecule has 0 aromatic heterocycles. The van der Waals surface area contributed by atoms with E-state index < -0.39 is 39.9 Å². The van der Waals surface area contributed by atoms with Crippen molar-refractivity contribution in [3.8, 4) is 5.75 Å². The quantitative estimate of drug-likeness (QED) is 0.286. The molecule has 12 heteroatoms. The molecule has 0 spiro atoms. The molecule has 0 fully saturated rings. The van der Waals surface area contributed by atoms with E-state index in [9.17, 15) is 18.0 Å². The zero-order valence-corrected chi connectivity index (χ0v) is 22.3. The van der Waals surface area contributed by atoms with Crippen molar-refractivity contribution in [3.63, 3.8) is 0 Å². The van der Waals surface area contributed by atoms with E-state index in [2.05, 4.69) is 15.0 Å². The van der Waals surface area contributed by atoms with Crippen LogP contribution in [-0.2, 0) is 30.7 Å². The van der Waals surface area contributed by atoms with Crippen molar-refractivity contribution < 1.29 is 37.3 Å². The van der Waals surface area contributed by atoms with Crippen molar-refractivity contribution in [2.24, 2.45) is 4.99 Å². The predicted molar refractivity (Wildman–Crippen MR) is 130 cm³/mol. The number of hydrogen-bond acceptors (Lipinski definition) is 8. The summed E-state index contributed by atoms with van der Waals surface area (Å²) in [6, 6.07) is 0. The van der Waals surface area contributed by atoms with E-state index in [1.807, 2.05) is 20.8 Å². The third kappa shape index (κ3) is 7.56. The van der Waals surface area contributed by atoms with Crippen LogP contribution < -0.4 is 14.8 Å². The summed E-state index contributed by atoms with van der Waals surface area (Å²) in [5.74, 6) is -0.820. The fourth-order valence-electron chi connectivity index (χ4n) is 3.71. The van der Waals surface area contributed by atoms with Crippen LogP contribution in [0.25, 0.3) is 0 Å². The number of aliphatic imine (C=N–C) groups is 1. The highest BCUT2D eigenvalue weighted by Gasteiger charge is 2.37. The molecule has 3 N–H and O–H groups in total. The number of nitrogens with zero attached hydrogens (tertiary/aromatic N) is 1. The minimum absolute atomic E-state index is 0.0795. The number of rotatable bonds is 7. The van der Waals surface area contributed by atoms with E-state index in [4.69, 9.17) is 19.3 Å². The second-order valence-corrected chi connectivity index (χ2v) is 11.6. The molecule has 1 aromatic rings. The molecule has 0 unspecified atom stereocenters. The predicted octanol–water partition coefficient (Wildman–Crippen LogP) is 2.59. The summed E-state index contributed by atoms with van der Waals surface area (Å²) >= 11 is 0. The minimum atomic E-state index is -4.19. The molecule has 1 heterocycles. The Morgan fingerprint density at radius 3 is 2.34 bits per heavy atom. The lowest BCUT2D eigenvalue weighted by molar-refractivity contribution is -0.142. The van der Waals surface area contributed by atoms with Gasteiger partial charge in [0.05, 0.1) is 18.0 Å². The van der Waals surface area contributed by atoms with Gasteiger partial charge in [-0.05, 0) is 72.1 Å². The van der Waals surface area contributed by atoms with Crippen LogP contribution in [0.1, 0.15) is 56.9 Å². The highest BCUT2D eigenvalue weighted by Crippen LogP contribution is 2.43. The highest BCUT2D eigenvalue weighted by molar-refractivity contribution is 7.90. The number of alkyl carbamates (subject to hydrolysis) is 1. The second-order valence-electron chi connectivity index (χ2n) is 9.96. The number of carboxylic acid groups (broad SMARTS) is 1. The first-order chi connectivity index (χ1) is 15.9. The molecule has 0 atom stereocenters. The molecule has 0 saturated carbocycles. The summed E-state index contributed by atoms with van der Waals surface area (Å²) in [6.45, 7) is 13.4. The summed E-state index contributed by atoms with van der Waals surface area (Å²) in [5.41, 5.74) is 1.34. The Morgan fingerprint density at radius 1 is 1.14 bits per heavy atom. The molecule has 1 aromatic carbocycles. The second kappa shape index (κ2) is 10.4. The van der Waals surface area contributed by atoms with Gasteiger partial charge in [-0.1, -0.05) is 0 Å². The normalized spacial score (nSPS) is 15.3. The van der Waals surface area contributed by atoms with E-state index in [-0.39, 0.29) is 24.0 Å². The first kappa shape index (κ1) is 28.4. The monoisotopic (exact) mass is 513 g/mol. The standard InChI is InChI=1S/C23H35N3O8S/c1-13-14(2)19(15(3)16-11-23(7,8)33-18(13)16)35(30,31)26-20(24-9-10-32-12-17(27)28)25-21(29)34-22(4,5)6/h9-12H2,1-8H3,(H,27,28)(H2,24,25,26,29). The first-order valence-electron chi connectivity index (χ1n) is 11.1. The van der Waals surface area contributed by atoms with Crippen molar-refractivity contribution in [2.45, 2.75) is 77.9 Å². The number of carbonyl (C=O) groups is 2. The fourth-order valence-corrected chi connectivity index (χ4v) is 5.26. The van der Waals surface area contributed by atoms with E-state index >= 15 is 0 Å². The smallest absolute Gasteiger partial charge is 0.414 e. The average molecular weight is 514 g/mol. The molecule has 11 nitrogen and oxygen atoms in total. The lowest BCUT2D eigenvalue weighted by Gasteiger charge is -2.21. The number of ether oxygens (including phenoxy) is 3. The molecule has 196 valence electrons. The number of aliphatic carboxylic acids is 1. The largest absolute Gasteiger partial charge is 0.487 e. The maximum absolute atomic E-state index is 13.5. The van der Waals surface area contributed by atoms with Gasteiger partial charge in [-0.25, -0.2) is 27.7 Å². The zero-order valence-electron chi connectivity index (χ0n) is 21.5. The minimum Gasteiger partial charge on any atom is -0.487 e. The number of carboxylic acids is 1. The Morgan fingerprint density at radius 2 is 1.77 bits per heavy atom. The van der Waals surface area contributed by atoms with Gasteiger partial charge < -0.3 is 19.3 Å². The van der Waals surface area contributed by atoms with Crippen LogP contribution in [0.5, 0.6) is 5.75 Å². The van der Waals surface area contributed by atoms with Crippen LogP contribution in [0.3, 0.4) is 0 Å². The Balaban J connectivity index is 2.38. The number of sulfonamides is 1. The third-order valence-electron chi connectivity index (χ3n) is 5.14. The topological polar surface area (TPSA) is 153 Å². The van der Waals surface area contributed by atoms with Gasteiger partial charge in [0.1, 0.15) is 23.6 Å². The van der Waals surface area contributed by atoms with Gasteiger partial charge in [-0.15, -0.1) is 0 Å². The number of carbonyl (C=O) groups excluding carboxylic acids is 1. The van der Waals surface area contributed by atoms with Crippen LogP contribution in [-0.4, -0.2) is 62.5 Å². The maximum atomic E-state index is 13.5. The maximum Gasteiger partial charge on any atom is 0.414 e. The van der Waals surface area contributed by atoms with Gasteiger partial charge in [0, 0.05) is 12.0 Å². The zero-order chi connectivity index (χ0) is 26.8. The van der Waals surface area contributed by atoms with E-state index in [0.717, 1.165) is 11.1 Å². The molecule has 0 radical (unpaired) electrons. The molecule has 2 rings (SSSR count). The molecule has 35 heavy (non-hydrogen) atoms. The highest BCUT2D eigenvalue weighted by atomic mass is 32.2. The molecule has 1 aliphatic heterocycles. The Hall–Kier alpha value is -2.86. The fraction of sp³-hybridized carbons (Fsp3) is 0.609. The van der Waals surface area contributed by atoms with Gasteiger partial charge in [-0.2, -0.15) is 0 Å². The molecule has 0 saturated heterocycles. The van der Waals surface area contributed by atoms with Crippen LogP contribution in [0, 0.1) is 20.8 Å². The van der Waals surface area contributed by atoms with Crippen molar-refractivity contribution in [1.29, 1.82) is 0 Å². The first-order valence-corrected chi connectivity index (χ1v) is 12.6. The molecule has 0 bridgehead atoms. The van der Waals surface area contributed by atoms with Crippen molar-refractivity contribution >= 4 is 28.0 Å². The van der Waals surface area contributed by atoms with Gasteiger partial charge in [0.25, 0.3) is 10.0 Å². The molecule has 1 aliphatic rings. The van der Waals surface area contributed by atoms with Gasteiger partial charge in [0.2, 0.25) is 5.96 Å². The Kier molecular flexibility index (Phi) is 8.44. The average Bonchev–Trinajstić information content (AvgIpc) is 2.99. The van der Waals surface area contributed by atoms with Crippen molar-refractivity contribution in [2.75, 3.05) is 19.8 Å². The molecular formula is C23H35N3O8S. The van der Waals surface area contributed by atoms with Crippen molar-refractivity contribution in [1.82, 2.24) is 10.0 Å². The Labute approximate surface area is 206 Å². The summed E-state index contributed by atoms with van der Waals surface area (Å²) in [5, 5.41) is 11.0. The van der Waals surface area contributed by atoms with Crippen LogP contribution in [0.2, 0.25) is 0 Å². The molecule has 0 aliphatic carbocycles. The van der Waals surface area contributed by atoms with Crippen molar-refractivity contribution in [3.05, 3.63) is 22.3 Å². The van der Waals surface area contributed by atoms with Gasteiger partial charge >= 0.3 is 12.1 Å². The number of hydrogen-bond donors (Lipinski definition) is 3. The number of benzene rings is 1. The lowest BCUT2D eigenvalue weighted by Crippen LogP contribution is -2.46. The number of fused-ring (bicyclic) bond motifs is 1. The van der Waals surface area contributed by atoms with Gasteiger partial charge in [-0.3, -0.25) is 5.32 Å². The van der Waals surface area contributed by atoms with Crippen LogP contribution in [0.4, 0.5) is 4.79 Å². The number of nitrogens with one attached hydrogen (secondary N) is 2. The van der Waals surface area contributed by atoms with Gasteiger partial charge in [0.15, 0.2) is 0 Å². The summed E-state index contributed by atoms with van der Waals surface area (Å²) in [4.78, 5) is 27.0. The SMILES string of the molecule is Cc1c(C)c(S(=O)(=O)NC(=NCCOCC(=O)O)NC(=O)OC(C)(C)C)c(C)c2c1OC(C)(C)C2. The van der Waals surface area contributed by atoms with E-state index in [1.54, 1.807) is 34.6 Å². The molecular weight excluding hydrogens is 478 g/mol. The lowest BCUT2D eigenvalue weighted by atomic mass is 9.94. The number of amides is 1. The number of guanidine groups is 1. The summed E-state index contributed by atoms with van der Waals surface area (Å²) in [7, 11) is -4.19. The van der Waals surface area contributed by atoms with Crippen LogP contribution >= 0.6 is 0 Å².